The number of thiophene rings is 1. The molecule has 0 radical (unpaired) electrons. The number of fused-ring (bicyclic) bond motifs is 1. The summed E-state index contributed by atoms with van der Waals surface area (Å²) < 4.78 is 5.10. The van der Waals surface area contributed by atoms with Crippen LogP contribution in [0, 0.1) is 12.8 Å². The Balaban J connectivity index is 1.40. The highest BCUT2D eigenvalue weighted by Crippen LogP contribution is 2.40. The van der Waals surface area contributed by atoms with Gasteiger partial charge in [0.25, 0.3) is 0 Å². The van der Waals surface area contributed by atoms with Crippen LogP contribution < -0.4 is 5.32 Å². The van der Waals surface area contributed by atoms with Gasteiger partial charge in [-0.3, -0.25) is 4.90 Å². The summed E-state index contributed by atoms with van der Waals surface area (Å²) in [5, 5.41) is 4.94. The van der Waals surface area contributed by atoms with Crippen molar-refractivity contribution in [2.24, 2.45) is 5.92 Å². The summed E-state index contributed by atoms with van der Waals surface area (Å²) in [6.07, 6.45) is 3.07. The van der Waals surface area contributed by atoms with Crippen molar-refractivity contribution in [3.8, 4) is 0 Å². The summed E-state index contributed by atoms with van der Waals surface area (Å²) in [4.78, 5) is 18.5. The van der Waals surface area contributed by atoms with Gasteiger partial charge >= 0.3 is 5.97 Å². The van der Waals surface area contributed by atoms with Crippen molar-refractivity contribution in [2.45, 2.75) is 39.7 Å². The molecule has 1 fully saturated rings. The van der Waals surface area contributed by atoms with Crippen LogP contribution in [0.5, 0.6) is 0 Å². The van der Waals surface area contributed by atoms with Crippen molar-refractivity contribution in [1.29, 1.82) is 0 Å². The maximum absolute atomic E-state index is 12.5. The van der Waals surface area contributed by atoms with Crippen molar-refractivity contribution < 1.29 is 9.53 Å². The van der Waals surface area contributed by atoms with Crippen LogP contribution in [-0.2, 0) is 24.1 Å². The Morgan fingerprint density at radius 1 is 1.26 bits per heavy atom. The Hall–Kier alpha value is -1.96. The van der Waals surface area contributed by atoms with Crippen LogP contribution in [0.2, 0.25) is 0 Å². The fourth-order valence-corrected chi connectivity index (χ4v) is 6.22. The van der Waals surface area contributed by atoms with E-state index in [0.29, 0.717) is 16.6 Å². The third-order valence-electron chi connectivity index (χ3n) is 6.44. The maximum Gasteiger partial charge on any atom is 0.341 e. The first-order chi connectivity index (χ1) is 15.0. The van der Waals surface area contributed by atoms with Gasteiger partial charge in [-0.05, 0) is 61.0 Å². The highest BCUT2D eigenvalue weighted by molar-refractivity contribution is 7.80. The zero-order valence-electron chi connectivity index (χ0n) is 18.6. The highest BCUT2D eigenvalue weighted by atomic mass is 32.1. The molecule has 1 unspecified atom stereocenters. The van der Waals surface area contributed by atoms with Crippen molar-refractivity contribution >= 4 is 39.6 Å². The second-order valence-electron chi connectivity index (χ2n) is 8.67. The number of rotatable bonds is 4. The number of anilines is 1. The molecule has 0 bridgehead atoms. The molecule has 0 saturated carbocycles. The molecule has 2 heterocycles. The lowest BCUT2D eigenvalue weighted by molar-refractivity contribution is 0.0601. The molecular formula is C24H31N3O2S2. The number of nitrogens with one attached hydrogen (secondary N) is 1. The monoisotopic (exact) mass is 457 g/mol. The molecule has 166 valence electrons. The van der Waals surface area contributed by atoms with Gasteiger partial charge in [-0.2, -0.15) is 0 Å². The van der Waals surface area contributed by atoms with E-state index in [1.165, 1.54) is 23.1 Å². The van der Waals surface area contributed by atoms with Gasteiger partial charge in [0.15, 0.2) is 5.11 Å². The number of carbonyl (C=O) groups is 1. The van der Waals surface area contributed by atoms with Crippen LogP contribution in [0.25, 0.3) is 0 Å². The SMILES string of the molecule is COC(=O)c1c(NC(=S)N2CCN(Cc3ccccc3C)CC2)sc2c1CCC(C)C2. The van der Waals surface area contributed by atoms with E-state index in [1.807, 2.05) is 0 Å². The van der Waals surface area contributed by atoms with Crippen molar-refractivity contribution in [1.82, 2.24) is 9.80 Å². The molecular weight excluding hydrogens is 426 g/mol. The van der Waals surface area contributed by atoms with E-state index in [4.69, 9.17) is 17.0 Å². The van der Waals surface area contributed by atoms with E-state index in [9.17, 15) is 4.79 Å². The molecule has 2 aliphatic rings. The lowest BCUT2D eigenvalue weighted by Crippen LogP contribution is -2.49. The summed E-state index contributed by atoms with van der Waals surface area (Å²) in [5.41, 5.74) is 4.57. The zero-order valence-corrected chi connectivity index (χ0v) is 20.2. The Bertz CT molecular complexity index is 964. The predicted octanol–water partition coefficient (Wildman–Crippen LogP) is 4.48. The third-order valence-corrected chi connectivity index (χ3v) is 7.97. The standard InChI is InChI=1S/C24H31N3O2S2/c1-16-8-9-19-20(14-16)31-22(21(19)23(28)29-3)25-24(30)27-12-10-26(11-13-27)15-18-7-5-4-6-17(18)2/h4-7,16H,8-15H2,1-3H3,(H,25,30). The summed E-state index contributed by atoms with van der Waals surface area (Å²) in [6.45, 7) is 9.13. The molecule has 7 heteroatoms. The Labute approximate surface area is 194 Å². The van der Waals surface area contributed by atoms with E-state index in [1.54, 1.807) is 11.3 Å². The van der Waals surface area contributed by atoms with Gasteiger partial charge in [0.1, 0.15) is 5.00 Å². The molecule has 1 saturated heterocycles. The van der Waals surface area contributed by atoms with Gasteiger partial charge in [-0.15, -0.1) is 11.3 Å². The van der Waals surface area contributed by atoms with E-state index >= 15 is 0 Å². The predicted molar refractivity (Wildman–Crippen MR) is 131 cm³/mol. The summed E-state index contributed by atoms with van der Waals surface area (Å²) in [5.74, 6) is 0.387. The van der Waals surface area contributed by atoms with Crippen LogP contribution in [0.1, 0.15) is 45.3 Å². The normalized spacial score (nSPS) is 19.1. The van der Waals surface area contributed by atoms with E-state index in [-0.39, 0.29) is 5.97 Å². The molecule has 4 rings (SSSR count). The smallest absolute Gasteiger partial charge is 0.341 e. The maximum atomic E-state index is 12.5. The van der Waals surface area contributed by atoms with Crippen LogP contribution in [0.3, 0.4) is 0 Å². The molecule has 1 N–H and O–H groups in total. The average molecular weight is 458 g/mol. The lowest BCUT2D eigenvalue weighted by Gasteiger charge is -2.36. The molecule has 1 aromatic carbocycles. The van der Waals surface area contributed by atoms with E-state index in [0.717, 1.165) is 62.6 Å². The summed E-state index contributed by atoms with van der Waals surface area (Å²) in [7, 11) is 1.45. The number of thiocarbonyl (C=S) groups is 1. The molecule has 0 spiro atoms. The molecule has 2 aromatic rings. The highest BCUT2D eigenvalue weighted by Gasteiger charge is 2.29. The summed E-state index contributed by atoms with van der Waals surface area (Å²) >= 11 is 7.41. The number of ether oxygens (including phenoxy) is 1. The molecule has 1 aromatic heterocycles. The van der Waals surface area contributed by atoms with Gasteiger partial charge in [0.2, 0.25) is 0 Å². The number of nitrogens with zero attached hydrogens (tertiary/aromatic N) is 2. The van der Waals surface area contributed by atoms with Gasteiger partial charge in [-0.1, -0.05) is 31.2 Å². The largest absolute Gasteiger partial charge is 0.465 e. The van der Waals surface area contributed by atoms with Crippen LogP contribution in [-0.4, -0.2) is 54.2 Å². The minimum Gasteiger partial charge on any atom is -0.465 e. The van der Waals surface area contributed by atoms with E-state index < -0.39 is 0 Å². The number of carbonyl (C=O) groups excluding carboxylic acids is 1. The molecule has 0 amide bonds. The van der Waals surface area contributed by atoms with Crippen molar-refractivity contribution in [3.05, 3.63) is 51.4 Å². The molecule has 1 aliphatic heterocycles. The number of piperazine rings is 1. The van der Waals surface area contributed by atoms with Crippen molar-refractivity contribution in [3.63, 3.8) is 0 Å². The van der Waals surface area contributed by atoms with Gasteiger partial charge in [0.05, 0.1) is 12.7 Å². The van der Waals surface area contributed by atoms with Crippen LogP contribution in [0.4, 0.5) is 5.00 Å². The number of hydrogen-bond donors (Lipinski definition) is 1. The number of methoxy groups -OCH3 is 1. The second-order valence-corrected chi connectivity index (χ2v) is 10.2. The second kappa shape index (κ2) is 9.67. The number of benzene rings is 1. The Morgan fingerprint density at radius 2 is 2.00 bits per heavy atom. The average Bonchev–Trinajstić information content (AvgIpc) is 3.12. The minimum atomic E-state index is -0.264. The first-order valence-electron chi connectivity index (χ1n) is 11.0. The molecule has 1 atom stereocenters. The van der Waals surface area contributed by atoms with Gasteiger partial charge in [-0.25, -0.2) is 4.79 Å². The quantitative estimate of drug-likeness (QED) is 0.539. The van der Waals surface area contributed by atoms with Gasteiger partial charge in [0, 0.05) is 37.6 Å². The third kappa shape index (κ3) is 4.94. The minimum absolute atomic E-state index is 0.264. The molecule has 5 nitrogen and oxygen atoms in total. The Kier molecular flexibility index (Phi) is 6.94. The topological polar surface area (TPSA) is 44.8 Å². The van der Waals surface area contributed by atoms with Gasteiger partial charge < -0.3 is 15.0 Å². The fourth-order valence-electron chi connectivity index (χ4n) is 4.47. The van der Waals surface area contributed by atoms with Crippen LogP contribution in [0.15, 0.2) is 24.3 Å². The fraction of sp³-hybridized carbons (Fsp3) is 0.500. The molecule has 1 aliphatic carbocycles. The zero-order chi connectivity index (χ0) is 22.0. The van der Waals surface area contributed by atoms with Crippen molar-refractivity contribution in [2.75, 3.05) is 38.6 Å². The number of aryl methyl sites for hydroxylation is 1. The number of hydrogen-bond acceptors (Lipinski definition) is 5. The lowest BCUT2D eigenvalue weighted by atomic mass is 9.88. The first-order valence-corrected chi connectivity index (χ1v) is 12.2. The summed E-state index contributed by atoms with van der Waals surface area (Å²) in [6, 6.07) is 8.58. The van der Waals surface area contributed by atoms with Crippen LogP contribution >= 0.6 is 23.6 Å². The van der Waals surface area contributed by atoms with E-state index in [2.05, 4.69) is 53.2 Å². The number of esters is 1. The molecule has 31 heavy (non-hydrogen) atoms. The Morgan fingerprint density at radius 3 is 2.71 bits per heavy atom. The first kappa shape index (κ1) is 22.2.